The summed E-state index contributed by atoms with van der Waals surface area (Å²) in [6.07, 6.45) is 3.10. The number of carbonyl (C=O) groups excluding carboxylic acids is 3. The van der Waals surface area contributed by atoms with Crippen molar-refractivity contribution in [2.45, 2.75) is 6.54 Å². The topological polar surface area (TPSA) is 90.3 Å². The summed E-state index contributed by atoms with van der Waals surface area (Å²) in [4.78, 5) is 41.9. The highest BCUT2D eigenvalue weighted by atomic mass is 35.5. The fourth-order valence-corrected chi connectivity index (χ4v) is 3.93. The average molecular weight is 454 g/mol. The van der Waals surface area contributed by atoms with Crippen LogP contribution in [-0.2, 0) is 16.1 Å². The van der Waals surface area contributed by atoms with E-state index < -0.39 is 17.7 Å². The van der Waals surface area contributed by atoms with Gasteiger partial charge in [-0.1, -0.05) is 29.8 Å². The number of Topliss-reactive ketones (excluding diaryl/α,β-unsaturated/α-hetero) is 1. The maximum Gasteiger partial charge on any atom is 0.338 e. The molecule has 0 aliphatic rings. The van der Waals surface area contributed by atoms with Crippen LogP contribution in [0.25, 0.3) is 10.9 Å². The fraction of sp³-hybridized carbons (Fsp3) is 0.0909. The summed E-state index contributed by atoms with van der Waals surface area (Å²) in [5.74, 6) is -2.20. The molecule has 4 rings (SSSR count). The molecule has 0 bridgehead atoms. The molecule has 0 aliphatic heterocycles. The normalized spacial score (nSPS) is 10.8. The standard InChI is InChI=1S/C22H16ClN3O4S/c1-30-21(29)15-3-2-4-17-18(15)16(19(27)20(28)25-22-24-9-10-31-22)12-26(17)11-13-5-7-14(23)8-6-13/h2-10,12H,11H2,1H3,(H,24,25,28). The van der Waals surface area contributed by atoms with E-state index in [1.54, 1.807) is 41.9 Å². The van der Waals surface area contributed by atoms with Crippen LogP contribution < -0.4 is 5.32 Å². The predicted octanol–water partition coefficient (Wildman–Crippen LogP) is 4.41. The summed E-state index contributed by atoms with van der Waals surface area (Å²) in [5.41, 5.74) is 1.89. The second-order valence-electron chi connectivity index (χ2n) is 6.61. The smallest absolute Gasteiger partial charge is 0.338 e. The number of rotatable bonds is 6. The Morgan fingerprint density at radius 1 is 1.13 bits per heavy atom. The first-order chi connectivity index (χ1) is 15.0. The Hall–Kier alpha value is -3.49. The molecule has 2 aromatic carbocycles. The molecular weight excluding hydrogens is 438 g/mol. The van der Waals surface area contributed by atoms with Crippen molar-refractivity contribution in [1.29, 1.82) is 0 Å². The number of methoxy groups -OCH3 is 1. The second-order valence-corrected chi connectivity index (χ2v) is 7.94. The Morgan fingerprint density at radius 3 is 2.58 bits per heavy atom. The largest absolute Gasteiger partial charge is 0.465 e. The molecule has 156 valence electrons. The van der Waals surface area contributed by atoms with Gasteiger partial charge in [-0.2, -0.15) is 0 Å². The van der Waals surface area contributed by atoms with Gasteiger partial charge in [-0.15, -0.1) is 11.3 Å². The first kappa shape index (κ1) is 20.8. The quantitative estimate of drug-likeness (QED) is 0.265. The molecule has 2 heterocycles. The van der Waals surface area contributed by atoms with Gasteiger partial charge in [-0.25, -0.2) is 9.78 Å². The van der Waals surface area contributed by atoms with Gasteiger partial charge in [0.1, 0.15) is 0 Å². The third-order valence-electron chi connectivity index (χ3n) is 4.68. The minimum atomic E-state index is -0.833. The Labute approximate surface area is 186 Å². The van der Waals surface area contributed by atoms with E-state index >= 15 is 0 Å². The minimum absolute atomic E-state index is 0.110. The third-order valence-corrected chi connectivity index (χ3v) is 5.62. The molecule has 0 unspecified atom stereocenters. The lowest BCUT2D eigenvalue weighted by atomic mass is 10.0. The number of benzene rings is 2. The van der Waals surface area contributed by atoms with E-state index in [4.69, 9.17) is 16.3 Å². The van der Waals surface area contributed by atoms with Gasteiger partial charge in [0.2, 0.25) is 0 Å². The molecule has 1 amide bonds. The lowest BCUT2D eigenvalue weighted by molar-refractivity contribution is -0.112. The number of amides is 1. The van der Waals surface area contributed by atoms with Gasteiger partial charge >= 0.3 is 5.97 Å². The van der Waals surface area contributed by atoms with Crippen molar-refractivity contribution < 1.29 is 19.1 Å². The number of ketones is 1. The van der Waals surface area contributed by atoms with Crippen molar-refractivity contribution >= 4 is 56.6 Å². The molecule has 0 saturated heterocycles. The summed E-state index contributed by atoms with van der Waals surface area (Å²) < 4.78 is 6.70. The molecule has 4 aromatic rings. The number of halogens is 1. The number of hydrogen-bond donors (Lipinski definition) is 1. The lowest BCUT2D eigenvalue weighted by Gasteiger charge is -2.07. The van der Waals surface area contributed by atoms with Crippen molar-refractivity contribution in [2.24, 2.45) is 0 Å². The van der Waals surface area contributed by atoms with E-state index in [2.05, 4.69) is 10.3 Å². The van der Waals surface area contributed by atoms with Crippen molar-refractivity contribution in [3.8, 4) is 0 Å². The Kier molecular flexibility index (Phi) is 5.83. The summed E-state index contributed by atoms with van der Waals surface area (Å²) in [6.45, 7) is 0.416. The molecule has 0 radical (unpaired) electrons. The molecule has 31 heavy (non-hydrogen) atoms. The first-order valence-electron chi connectivity index (χ1n) is 9.17. The zero-order valence-corrected chi connectivity index (χ0v) is 17.9. The number of nitrogens with zero attached hydrogens (tertiary/aromatic N) is 2. The van der Waals surface area contributed by atoms with Crippen LogP contribution in [0.3, 0.4) is 0 Å². The number of fused-ring (bicyclic) bond motifs is 1. The SMILES string of the molecule is COC(=O)c1cccc2c1c(C(=O)C(=O)Nc1nccs1)cn2Cc1ccc(Cl)cc1. The maximum atomic E-state index is 13.0. The van der Waals surface area contributed by atoms with Gasteiger partial charge in [0, 0.05) is 40.2 Å². The molecule has 1 N–H and O–H groups in total. The van der Waals surface area contributed by atoms with Crippen LogP contribution in [0.4, 0.5) is 5.13 Å². The molecule has 0 atom stereocenters. The number of esters is 1. The first-order valence-corrected chi connectivity index (χ1v) is 10.4. The van der Waals surface area contributed by atoms with Gasteiger partial charge in [-0.3, -0.25) is 14.9 Å². The highest BCUT2D eigenvalue weighted by Gasteiger charge is 2.26. The summed E-state index contributed by atoms with van der Waals surface area (Å²) >= 11 is 7.17. The number of nitrogens with one attached hydrogen (secondary N) is 1. The van der Waals surface area contributed by atoms with Crippen molar-refractivity contribution in [2.75, 3.05) is 12.4 Å². The van der Waals surface area contributed by atoms with E-state index in [0.717, 1.165) is 5.56 Å². The van der Waals surface area contributed by atoms with E-state index in [1.807, 2.05) is 16.7 Å². The molecule has 0 fully saturated rings. The van der Waals surface area contributed by atoms with Gasteiger partial charge < -0.3 is 9.30 Å². The molecule has 2 aromatic heterocycles. The fourth-order valence-electron chi connectivity index (χ4n) is 3.28. The van der Waals surface area contributed by atoms with Crippen molar-refractivity contribution in [1.82, 2.24) is 9.55 Å². The van der Waals surface area contributed by atoms with E-state index in [9.17, 15) is 14.4 Å². The van der Waals surface area contributed by atoms with Crippen LogP contribution in [0.2, 0.25) is 5.02 Å². The van der Waals surface area contributed by atoms with E-state index in [1.165, 1.54) is 24.6 Å². The number of carbonyl (C=O) groups is 3. The van der Waals surface area contributed by atoms with Crippen LogP contribution in [0.5, 0.6) is 0 Å². The van der Waals surface area contributed by atoms with Gasteiger partial charge in [0.25, 0.3) is 11.7 Å². The number of thiazole rings is 1. The highest BCUT2D eigenvalue weighted by Crippen LogP contribution is 2.28. The van der Waals surface area contributed by atoms with Crippen LogP contribution >= 0.6 is 22.9 Å². The van der Waals surface area contributed by atoms with E-state index in [0.29, 0.717) is 27.6 Å². The van der Waals surface area contributed by atoms with Crippen molar-refractivity contribution in [3.05, 3.63) is 82.0 Å². The highest BCUT2D eigenvalue weighted by molar-refractivity contribution is 7.13. The number of ether oxygens (including phenoxy) is 1. The predicted molar refractivity (Wildman–Crippen MR) is 119 cm³/mol. The number of anilines is 1. The third kappa shape index (κ3) is 4.21. The Bertz CT molecular complexity index is 1280. The minimum Gasteiger partial charge on any atom is -0.465 e. The molecule has 0 aliphatic carbocycles. The molecule has 0 saturated carbocycles. The second kappa shape index (κ2) is 8.71. The van der Waals surface area contributed by atoms with E-state index in [-0.39, 0.29) is 11.1 Å². The summed E-state index contributed by atoms with van der Waals surface area (Å²) in [7, 11) is 1.27. The van der Waals surface area contributed by atoms with Gasteiger partial charge in [0.05, 0.1) is 18.2 Å². The molecule has 9 heteroatoms. The average Bonchev–Trinajstić information content (AvgIpc) is 3.42. The van der Waals surface area contributed by atoms with Gasteiger partial charge in [-0.05, 0) is 29.8 Å². The number of hydrogen-bond acceptors (Lipinski definition) is 6. The van der Waals surface area contributed by atoms with Crippen molar-refractivity contribution in [3.63, 3.8) is 0 Å². The molecule has 0 spiro atoms. The zero-order chi connectivity index (χ0) is 22.0. The Balaban J connectivity index is 1.80. The molecule has 7 nitrogen and oxygen atoms in total. The Morgan fingerprint density at radius 2 is 1.90 bits per heavy atom. The monoisotopic (exact) mass is 453 g/mol. The lowest BCUT2D eigenvalue weighted by Crippen LogP contribution is -2.23. The zero-order valence-electron chi connectivity index (χ0n) is 16.3. The summed E-state index contributed by atoms with van der Waals surface area (Å²) in [6, 6.07) is 12.3. The summed E-state index contributed by atoms with van der Waals surface area (Å²) in [5, 5.41) is 5.47. The maximum absolute atomic E-state index is 13.0. The van der Waals surface area contributed by atoms with Crippen LogP contribution in [0.1, 0.15) is 26.3 Å². The van der Waals surface area contributed by atoms with Crippen LogP contribution in [0.15, 0.2) is 60.2 Å². The van der Waals surface area contributed by atoms with Gasteiger partial charge in [0.15, 0.2) is 5.13 Å². The number of aromatic nitrogens is 2. The van der Waals surface area contributed by atoms with Crippen LogP contribution in [-0.4, -0.2) is 34.3 Å². The molecular formula is C22H16ClN3O4S. The van der Waals surface area contributed by atoms with Crippen LogP contribution in [0, 0.1) is 0 Å².